The van der Waals surface area contributed by atoms with Crippen LogP contribution in [0.1, 0.15) is 23.8 Å². The average Bonchev–Trinajstić information content (AvgIpc) is 2.93. The molecule has 3 rings (SSSR count). The van der Waals surface area contributed by atoms with Crippen molar-refractivity contribution in [1.29, 1.82) is 0 Å². The van der Waals surface area contributed by atoms with Gasteiger partial charge >= 0.3 is 0 Å². The van der Waals surface area contributed by atoms with Gasteiger partial charge in [0.15, 0.2) is 0 Å². The molecule has 102 valence electrons. The quantitative estimate of drug-likeness (QED) is 0.856. The highest BCUT2D eigenvalue weighted by atomic mass is 16.5. The fraction of sp³-hybridized carbons (Fsp3) is 0.500. The van der Waals surface area contributed by atoms with Gasteiger partial charge in [0.1, 0.15) is 12.3 Å². The summed E-state index contributed by atoms with van der Waals surface area (Å²) in [6.07, 6.45) is 0.817. The zero-order valence-corrected chi connectivity index (χ0v) is 11.1. The van der Waals surface area contributed by atoms with Crippen LogP contribution in [0.3, 0.4) is 0 Å². The molecule has 3 atom stereocenters. The molecule has 1 aromatic heterocycles. The number of aryl methyl sites for hydroxylation is 2. The first-order chi connectivity index (χ1) is 9.10. The topological polar surface area (TPSA) is 67.5 Å². The standard InChI is InChI=1S/C14H18N2O3/c1-8-3-10-11(4-9(8)2)16(7-15-10)14-5-12(18)13(6-17)19-14/h3-4,7,12-14,17-18H,5-6H2,1-2H3/t12-,13+,14+/m1/s1. The van der Waals surface area contributed by atoms with E-state index in [2.05, 4.69) is 31.0 Å². The van der Waals surface area contributed by atoms with Gasteiger partial charge in [0.2, 0.25) is 0 Å². The Morgan fingerprint density at radius 1 is 1.37 bits per heavy atom. The molecule has 1 aliphatic heterocycles. The number of aliphatic hydroxyl groups is 2. The van der Waals surface area contributed by atoms with E-state index in [1.807, 2.05) is 4.57 Å². The summed E-state index contributed by atoms with van der Waals surface area (Å²) < 4.78 is 7.60. The van der Waals surface area contributed by atoms with Crippen molar-refractivity contribution in [3.05, 3.63) is 29.6 Å². The third-order valence-electron chi connectivity index (χ3n) is 3.88. The fourth-order valence-corrected chi connectivity index (χ4v) is 2.56. The Morgan fingerprint density at radius 2 is 2.11 bits per heavy atom. The molecule has 5 nitrogen and oxygen atoms in total. The summed E-state index contributed by atoms with van der Waals surface area (Å²) in [5.74, 6) is 0. The molecule has 0 bridgehead atoms. The van der Waals surface area contributed by atoms with Crippen molar-refractivity contribution in [2.24, 2.45) is 0 Å². The largest absolute Gasteiger partial charge is 0.394 e. The van der Waals surface area contributed by atoms with Gasteiger partial charge in [0.05, 0.1) is 30.1 Å². The van der Waals surface area contributed by atoms with Crippen LogP contribution in [0, 0.1) is 13.8 Å². The Morgan fingerprint density at radius 3 is 2.79 bits per heavy atom. The average molecular weight is 262 g/mol. The first-order valence-electron chi connectivity index (χ1n) is 6.48. The fourth-order valence-electron chi connectivity index (χ4n) is 2.56. The van der Waals surface area contributed by atoms with E-state index in [4.69, 9.17) is 9.84 Å². The van der Waals surface area contributed by atoms with Crippen LogP contribution in [-0.4, -0.2) is 38.6 Å². The zero-order chi connectivity index (χ0) is 13.6. The van der Waals surface area contributed by atoms with E-state index in [0.717, 1.165) is 11.0 Å². The minimum atomic E-state index is -0.626. The van der Waals surface area contributed by atoms with Gasteiger partial charge in [-0.3, -0.25) is 0 Å². The van der Waals surface area contributed by atoms with Crippen molar-refractivity contribution in [3.63, 3.8) is 0 Å². The highest BCUT2D eigenvalue weighted by Gasteiger charge is 2.34. The van der Waals surface area contributed by atoms with Gasteiger partial charge in [0, 0.05) is 6.42 Å². The number of aromatic nitrogens is 2. The van der Waals surface area contributed by atoms with Crippen molar-refractivity contribution in [2.45, 2.75) is 38.7 Å². The van der Waals surface area contributed by atoms with Gasteiger partial charge < -0.3 is 19.5 Å². The van der Waals surface area contributed by atoms with Crippen molar-refractivity contribution < 1.29 is 14.9 Å². The normalized spacial score (nSPS) is 27.3. The lowest BCUT2D eigenvalue weighted by atomic mass is 10.1. The summed E-state index contributed by atoms with van der Waals surface area (Å²) in [5.41, 5.74) is 4.33. The van der Waals surface area contributed by atoms with E-state index in [0.29, 0.717) is 6.42 Å². The highest BCUT2D eigenvalue weighted by molar-refractivity contribution is 5.77. The summed E-state index contributed by atoms with van der Waals surface area (Å²) in [6.45, 7) is 3.96. The van der Waals surface area contributed by atoms with Crippen LogP contribution in [-0.2, 0) is 4.74 Å². The SMILES string of the molecule is Cc1cc2ncn([C@@H]3C[C@@H](O)[C@H](CO)O3)c2cc1C. The maximum absolute atomic E-state index is 9.81. The number of fused-ring (bicyclic) bond motifs is 1. The van der Waals surface area contributed by atoms with Crippen molar-refractivity contribution in [2.75, 3.05) is 6.61 Å². The summed E-state index contributed by atoms with van der Waals surface area (Å²) in [6, 6.07) is 4.13. The summed E-state index contributed by atoms with van der Waals surface area (Å²) >= 11 is 0. The number of hydrogen-bond acceptors (Lipinski definition) is 4. The van der Waals surface area contributed by atoms with E-state index in [-0.39, 0.29) is 12.8 Å². The first kappa shape index (κ1) is 12.6. The Labute approximate surface area is 111 Å². The molecule has 2 heterocycles. The van der Waals surface area contributed by atoms with Crippen molar-refractivity contribution in [1.82, 2.24) is 9.55 Å². The molecule has 19 heavy (non-hydrogen) atoms. The first-order valence-corrected chi connectivity index (χ1v) is 6.48. The van der Waals surface area contributed by atoms with Gasteiger partial charge in [0.25, 0.3) is 0 Å². The number of ether oxygens (including phenoxy) is 1. The predicted octanol–water partition coefficient (Wildman–Crippen LogP) is 1.29. The molecule has 0 unspecified atom stereocenters. The van der Waals surface area contributed by atoms with E-state index < -0.39 is 12.2 Å². The van der Waals surface area contributed by atoms with Gasteiger partial charge in [-0.15, -0.1) is 0 Å². The van der Waals surface area contributed by atoms with Crippen LogP contribution < -0.4 is 0 Å². The molecule has 0 saturated carbocycles. The number of nitrogens with zero attached hydrogens (tertiary/aromatic N) is 2. The molecule has 2 aromatic rings. The van der Waals surface area contributed by atoms with Crippen LogP contribution in [0.2, 0.25) is 0 Å². The number of imidazole rings is 1. The summed E-state index contributed by atoms with van der Waals surface area (Å²) in [4.78, 5) is 4.38. The van der Waals surface area contributed by atoms with Crippen LogP contribution in [0.5, 0.6) is 0 Å². The second kappa shape index (κ2) is 4.59. The maximum Gasteiger partial charge on any atom is 0.138 e. The smallest absolute Gasteiger partial charge is 0.138 e. The van der Waals surface area contributed by atoms with Crippen LogP contribution >= 0.6 is 0 Å². The van der Waals surface area contributed by atoms with Gasteiger partial charge in [-0.2, -0.15) is 0 Å². The Hall–Kier alpha value is -1.43. The third-order valence-corrected chi connectivity index (χ3v) is 3.88. The number of rotatable bonds is 2. The minimum absolute atomic E-state index is 0.164. The molecule has 1 saturated heterocycles. The van der Waals surface area contributed by atoms with Crippen LogP contribution in [0.25, 0.3) is 11.0 Å². The molecular weight excluding hydrogens is 244 g/mol. The van der Waals surface area contributed by atoms with Crippen LogP contribution in [0.4, 0.5) is 0 Å². The molecule has 0 radical (unpaired) electrons. The molecule has 1 aromatic carbocycles. The maximum atomic E-state index is 9.81. The number of benzene rings is 1. The third kappa shape index (κ3) is 2.04. The Kier molecular flexibility index (Phi) is 3.05. The predicted molar refractivity (Wildman–Crippen MR) is 70.8 cm³/mol. The van der Waals surface area contributed by atoms with E-state index >= 15 is 0 Å². The Bertz CT molecular complexity index is 608. The Balaban J connectivity index is 2.00. The highest BCUT2D eigenvalue weighted by Crippen LogP contribution is 2.31. The number of aliphatic hydroxyl groups excluding tert-OH is 2. The second-order valence-electron chi connectivity index (χ2n) is 5.19. The monoisotopic (exact) mass is 262 g/mol. The van der Waals surface area contributed by atoms with Gasteiger partial charge in [-0.05, 0) is 37.1 Å². The molecule has 0 spiro atoms. The zero-order valence-electron chi connectivity index (χ0n) is 11.1. The van der Waals surface area contributed by atoms with Gasteiger partial charge in [-0.1, -0.05) is 0 Å². The lowest BCUT2D eigenvalue weighted by Crippen LogP contribution is -2.24. The molecule has 2 N–H and O–H groups in total. The molecule has 5 heteroatoms. The molecule has 1 fully saturated rings. The van der Waals surface area contributed by atoms with E-state index in [1.54, 1.807) is 6.33 Å². The number of hydrogen-bond donors (Lipinski definition) is 2. The second-order valence-corrected chi connectivity index (χ2v) is 5.19. The van der Waals surface area contributed by atoms with Crippen LogP contribution in [0.15, 0.2) is 18.5 Å². The van der Waals surface area contributed by atoms with Crippen molar-refractivity contribution in [3.8, 4) is 0 Å². The van der Waals surface area contributed by atoms with E-state index in [1.165, 1.54) is 11.1 Å². The van der Waals surface area contributed by atoms with E-state index in [9.17, 15) is 5.11 Å². The van der Waals surface area contributed by atoms with Gasteiger partial charge in [-0.25, -0.2) is 4.98 Å². The van der Waals surface area contributed by atoms with Crippen molar-refractivity contribution >= 4 is 11.0 Å². The lowest BCUT2D eigenvalue weighted by molar-refractivity contribution is -0.0430. The summed E-state index contributed by atoms with van der Waals surface area (Å²) in [5, 5.41) is 18.9. The minimum Gasteiger partial charge on any atom is -0.394 e. The molecular formula is C14H18N2O3. The molecule has 0 aliphatic carbocycles. The summed E-state index contributed by atoms with van der Waals surface area (Å²) in [7, 11) is 0. The lowest BCUT2D eigenvalue weighted by Gasteiger charge is -2.14. The molecule has 0 amide bonds. The molecule has 1 aliphatic rings.